The second-order valence-corrected chi connectivity index (χ2v) is 10.3. The summed E-state index contributed by atoms with van der Waals surface area (Å²) in [6.45, 7) is 0. The normalized spacial score (nSPS) is 85.2. The second kappa shape index (κ2) is 1.83. The minimum Gasteiger partial charge on any atom is -0.0635 e. The fourth-order valence-corrected chi connectivity index (χ4v) is 12.3. The molecule has 0 spiro atoms. The van der Waals surface area contributed by atoms with Gasteiger partial charge in [0.2, 0.25) is 0 Å². The molecule has 0 heterocycles. The van der Waals surface area contributed by atoms with E-state index in [1.807, 2.05) is 0 Å². The van der Waals surface area contributed by atoms with Gasteiger partial charge in [0.15, 0.2) is 0 Å². The van der Waals surface area contributed by atoms with E-state index >= 15 is 0 Å². The van der Waals surface area contributed by atoms with Gasteiger partial charge in [0, 0.05) is 0 Å². The Balaban J connectivity index is 1.57. The molecule has 10 rings (SSSR count). The van der Waals surface area contributed by atoms with Crippen molar-refractivity contribution < 1.29 is 0 Å². The first-order valence-corrected chi connectivity index (χ1v) is 9.44. The molecule has 0 saturated heterocycles. The fourth-order valence-electron chi connectivity index (χ4n) is 12.3. The van der Waals surface area contributed by atoms with E-state index in [1.54, 1.807) is 12.8 Å². The van der Waals surface area contributed by atoms with Gasteiger partial charge in [-0.3, -0.25) is 0 Å². The highest BCUT2D eigenvalue weighted by Gasteiger charge is 2.87. The number of rotatable bonds is 0. The van der Waals surface area contributed by atoms with Crippen LogP contribution in [0.3, 0.4) is 0 Å². The van der Waals surface area contributed by atoms with E-state index in [2.05, 4.69) is 22.3 Å². The lowest BCUT2D eigenvalue weighted by Gasteiger charge is -2.28. The second-order valence-electron chi connectivity index (χ2n) is 10.3. The van der Waals surface area contributed by atoms with Gasteiger partial charge in [-0.2, -0.15) is 0 Å². The van der Waals surface area contributed by atoms with Crippen molar-refractivity contribution in [3.05, 3.63) is 22.3 Å². The van der Waals surface area contributed by atoms with Crippen LogP contribution < -0.4 is 0 Å². The maximum Gasteiger partial charge on any atom is -0.0123 e. The minimum absolute atomic E-state index is 1.13. The lowest BCUT2D eigenvalue weighted by molar-refractivity contribution is 0.247. The van der Waals surface area contributed by atoms with Crippen molar-refractivity contribution in [1.82, 2.24) is 0 Å². The predicted octanol–water partition coefficient (Wildman–Crippen LogP) is 3.12. The molecular formula is C20H18. The van der Waals surface area contributed by atoms with Gasteiger partial charge in [-0.1, -0.05) is 22.3 Å². The minimum atomic E-state index is 1.13. The van der Waals surface area contributed by atoms with E-state index in [4.69, 9.17) is 0 Å². The van der Waals surface area contributed by atoms with Crippen molar-refractivity contribution in [3.8, 4) is 0 Å². The molecule has 0 aliphatic heterocycles. The van der Waals surface area contributed by atoms with Gasteiger partial charge >= 0.3 is 0 Å². The van der Waals surface area contributed by atoms with Crippen LogP contribution in [0, 0.1) is 82.9 Å². The van der Waals surface area contributed by atoms with E-state index in [1.165, 1.54) is 35.5 Å². The Morgan fingerprint density at radius 3 is 1.10 bits per heavy atom. The first-order valence-electron chi connectivity index (χ1n) is 9.44. The van der Waals surface area contributed by atoms with Gasteiger partial charge in [0.1, 0.15) is 0 Å². The Morgan fingerprint density at radius 2 is 0.750 bits per heavy atom. The number of allylic oxidation sites excluding steroid dienone is 4. The largest absolute Gasteiger partial charge is 0.0635 e. The Kier molecular flexibility index (Phi) is 0.752. The van der Waals surface area contributed by atoms with Gasteiger partial charge in [0.05, 0.1) is 0 Å². The van der Waals surface area contributed by atoms with Crippen LogP contribution in [0.25, 0.3) is 0 Å². The molecule has 10 aliphatic carbocycles. The molecule has 6 fully saturated rings. The van der Waals surface area contributed by atoms with E-state index in [9.17, 15) is 0 Å². The van der Waals surface area contributed by atoms with E-state index < -0.39 is 0 Å². The lowest BCUT2D eigenvalue weighted by atomic mass is 9.75. The van der Waals surface area contributed by atoms with Gasteiger partial charge in [-0.15, -0.1) is 0 Å². The third kappa shape index (κ3) is 0.411. The molecule has 14 atom stereocenters. The highest BCUT2D eigenvalue weighted by atomic mass is 14.9. The average molecular weight is 258 g/mol. The third-order valence-corrected chi connectivity index (χ3v) is 11.2. The van der Waals surface area contributed by atoms with Gasteiger partial charge < -0.3 is 0 Å². The molecular weight excluding hydrogens is 240 g/mol. The van der Waals surface area contributed by atoms with Crippen LogP contribution in [-0.2, 0) is 0 Å². The monoisotopic (exact) mass is 258 g/mol. The molecule has 0 heteroatoms. The summed E-state index contributed by atoms with van der Waals surface area (Å²) in [4.78, 5) is 0. The molecule has 0 N–H and O–H groups in total. The van der Waals surface area contributed by atoms with Crippen LogP contribution in [0.2, 0.25) is 0 Å². The fraction of sp³-hybridized carbons (Fsp3) is 0.800. The SMILES string of the molecule is C1[C@@H]2C3=C4[C@@H]5C6C7[C@@H]4[C@@H]4[C@H]8[C@@H](C[C@H]34)C3=C([C@@H]6[C@@H]([C@H]25)[C@@H]13)[C@@H]78. The summed E-state index contributed by atoms with van der Waals surface area (Å²) >= 11 is 0. The number of fused-ring (bicyclic) bond motifs is 4. The number of hydrogen-bond donors (Lipinski definition) is 0. The van der Waals surface area contributed by atoms with Gasteiger partial charge in [-0.05, 0) is 95.7 Å². The van der Waals surface area contributed by atoms with Crippen molar-refractivity contribution >= 4 is 0 Å². The maximum atomic E-state index is 2.19. The van der Waals surface area contributed by atoms with Crippen molar-refractivity contribution in [2.45, 2.75) is 12.8 Å². The van der Waals surface area contributed by atoms with Crippen LogP contribution in [0.1, 0.15) is 12.8 Å². The Morgan fingerprint density at radius 1 is 0.400 bits per heavy atom. The Labute approximate surface area is 118 Å². The van der Waals surface area contributed by atoms with E-state index in [0.29, 0.717) is 0 Å². The zero-order valence-electron chi connectivity index (χ0n) is 11.5. The standard InChI is InChI=1S/C20H18/c1-3-7-5-2-6-8-4(1)10-9(3)15-13(7)17-11(5)12(6)18-14(8)16(10)19(15)20(17)18/h3-6,9-12,15-20H,1-2H2/t3-,4+,5-,6+,9+,10-,11+,12-,15-,16+,17-,18+,19?,20?. The third-order valence-electron chi connectivity index (χ3n) is 11.2. The highest BCUT2D eigenvalue weighted by Crippen LogP contribution is 2.93. The van der Waals surface area contributed by atoms with Crippen molar-refractivity contribution in [2.75, 3.05) is 0 Å². The molecule has 0 aromatic heterocycles. The van der Waals surface area contributed by atoms with Crippen LogP contribution >= 0.6 is 0 Å². The molecule has 98 valence electrons. The maximum absolute atomic E-state index is 2.19. The predicted molar refractivity (Wildman–Crippen MR) is 72.1 cm³/mol. The molecule has 2 unspecified atom stereocenters. The molecule has 0 amide bonds. The van der Waals surface area contributed by atoms with Gasteiger partial charge in [-0.25, -0.2) is 0 Å². The number of hydrogen-bond acceptors (Lipinski definition) is 0. The highest BCUT2D eigenvalue weighted by molar-refractivity contribution is 5.62. The molecule has 0 nitrogen and oxygen atoms in total. The Hall–Kier alpha value is -0.520. The summed E-state index contributed by atoms with van der Waals surface area (Å²) in [7, 11) is 0. The smallest absolute Gasteiger partial charge is 0.0123 e. The summed E-state index contributed by atoms with van der Waals surface area (Å²) in [5.41, 5.74) is 8.71. The molecule has 0 aromatic rings. The van der Waals surface area contributed by atoms with Crippen molar-refractivity contribution in [3.63, 3.8) is 0 Å². The van der Waals surface area contributed by atoms with Crippen LogP contribution in [0.5, 0.6) is 0 Å². The molecule has 20 heavy (non-hydrogen) atoms. The molecule has 6 saturated carbocycles. The zero-order chi connectivity index (χ0) is 11.8. The first-order chi connectivity index (χ1) is 9.97. The summed E-state index contributed by atoms with van der Waals surface area (Å²) < 4.78 is 0. The molecule has 10 aliphatic rings. The summed E-state index contributed by atoms with van der Waals surface area (Å²) in [6, 6.07) is 0. The zero-order valence-corrected chi connectivity index (χ0v) is 11.5. The van der Waals surface area contributed by atoms with Crippen LogP contribution in [0.4, 0.5) is 0 Å². The topological polar surface area (TPSA) is 0 Å². The molecule has 0 bridgehead atoms. The summed E-state index contributed by atoms with van der Waals surface area (Å²) in [5, 5.41) is 0. The van der Waals surface area contributed by atoms with Crippen LogP contribution in [-0.4, -0.2) is 0 Å². The lowest BCUT2D eigenvalue weighted by Crippen LogP contribution is -2.25. The van der Waals surface area contributed by atoms with E-state index in [0.717, 1.165) is 47.3 Å². The Bertz CT molecular complexity index is 660. The summed E-state index contributed by atoms with van der Waals surface area (Å²) in [5.74, 6) is 16.3. The summed E-state index contributed by atoms with van der Waals surface area (Å²) in [6.07, 6.45) is 3.28. The molecule has 0 radical (unpaired) electrons. The average Bonchev–Trinajstić information content (AvgIpc) is 3.11. The van der Waals surface area contributed by atoms with Gasteiger partial charge in [0.25, 0.3) is 0 Å². The first kappa shape index (κ1) is 8.20. The quantitative estimate of drug-likeness (QED) is 0.586. The molecule has 0 aromatic carbocycles. The van der Waals surface area contributed by atoms with E-state index in [-0.39, 0.29) is 0 Å². The van der Waals surface area contributed by atoms with Crippen LogP contribution in [0.15, 0.2) is 22.3 Å². The van der Waals surface area contributed by atoms with Crippen molar-refractivity contribution in [1.29, 1.82) is 0 Å². The van der Waals surface area contributed by atoms with Crippen molar-refractivity contribution in [2.24, 2.45) is 82.9 Å².